The van der Waals surface area contributed by atoms with Gasteiger partial charge in [-0.05, 0) is 25.7 Å². The van der Waals surface area contributed by atoms with Crippen molar-refractivity contribution in [2.45, 2.75) is 103 Å². The fourth-order valence-electron chi connectivity index (χ4n) is 2.50. The minimum absolute atomic E-state index is 0.0359. The Morgan fingerprint density at radius 1 is 0.895 bits per heavy atom. The van der Waals surface area contributed by atoms with Crippen LogP contribution in [0.25, 0.3) is 0 Å². The molecule has 0 amide bonds. The van der Waals surface area contributed by atoms with Crippen LogP contribution in [0.4, 0.5) is 0 Å². The molecule has 1 aliphatic rings. The second-order valence-electron chi connectivity index (χ2n) is 5.84. The first-order valence-electron chi connectivity index (χ1n) is 8.60. The minimum atomic E-state index is 0.0359. The van der Waals surface area contributed by atoms with Gasteiger partial charge in [-0.1, -0.05) is 77.2 Å². The summed E-state index contributed by atoms with van der Waals surface area (Å²) in [4.78, 5) is 0. The molecule has 0 aromatic carbocycles. The second-order valence-corrected chi connectivity index (χ2v) is 5.84. The Morgan fingerprint density at radius 3 is 1.84 bits per heavy atom. The SMILES string of the molecule is C=CCCCCCCCCCC.OC1CCCCC1. The number of hydrogen-bond acceptors (Lipinski definition) is 1. The number of rotatable bonds is 9. The molecule has 0 atom stereocenters. The third-order valence-electron chi connectivity index (χ3n) is 3.84. The largest absolute Gasteiger partial charge is 0.393 e. The standard InChI is InChI=1S/C12H24.C6H12O/c1-3-5-7-9-11-12-10-8-6-4-2;7-6-4-2-1-3-5-6/h3H,1,4-12H2,2H3;6-7H,1-5H2. The number of aliphatic hydroxyl groups is 1. The summed E-state index contributed by atoms with van der Waals surface area (Å²) in [6.07, 6.45) is 20.4. The summed E-state index contributed by atoms with van der Waals surface area (Å²) >= 11 is 0. The summed E-state index contributed by atoms with van der Waals surface area (Å²) in [5, 5.41) is 8.91. The fourth-order valence-corrected chi connectivity index (χ4v) is 2.50. The number of aliphatic hydroxyl groups excluding tert-OH is 1. The summed E-state index contributed by atoms with van der Waals surface area (Å²) in [6, 6.07) is 0. The summed E-state index contributed by atoms with van der Waals surface area (Å²) in [7, 11) is 0. The summed E-state index contributed by atoms with van der Waals surface area (Å²) < 4.78 is 0. The van der Waals surface area contributed by atoms with Crippen LogP contribution >= 0.6 is 0 Å². The molecule has 0 unspecified atom stereocenters. The van der Waals surface area contributed by atoms with Crippen molar-refractivity contribution < 1.29 is 5.11 Å². The first-order valence-corrected chi connectivity index (χ1v) is 8.60. The Balaban J connectivity index is 0.000000388. The van der Waals surface area contributed by atoms with Gasteiger partial charge in [-0.15, -0.1) is 6.58 Å². The first kappa shape index (κ1) is 18.7. The number of hydrogen-bond donors (Lipinski definition) is 1. The topological polar surface area (TPSA) is 20.2 Å². The predicted molar refractivity (Wildman–Crippen MR) is 86.5 cm³/mol. The average Bonchev–Trinajstić information content (AvgIpc) is 2.43. The fraction of sp³-hybridized carbons (Fsp3) is 0.889. The molecular formula is C18H36O. The van der Waals surface area contributed by atoms with Crippen LogP contribution in [0, 0.1) is 0 Å². The molecule has 0 aliphatic heterocycles. The monoisotopic (exact) mass is 268 g/mol. The Hall–Kier alpha value is -0.300. The van der Waals surface area contributed by atoms with Crippen molar-refractivity contribution >= 4 is 0 Å². The Kier molecular flexibility index (Phi) is 15.5. The van der Waals surface area contributed by atoms with Crippen molar-refractivity contribution in [2.75, 3.05) is 0 Å². The van der Waals surface area contributed by atoms with Crippen molar-refractivity contribution in [1.82, 2.24) is 0 Å². The van der Waals surface area contributed by atoms with Gasteiger partial charge in [0.1, 0.15) is 0 Å². The van der Waals surface area contributed by atoms with E-state index in [0.717, 1.165) is 12.8 Å². The van der Waals surface area contributed by atoms with E-state index >= 15 is 0 Å². The van der Waals surface area contributed by atoms with Crippen molar-refractivity contribution in [3.63, 3.8) is 0 Å². The van der Waals surface area contributed by atoms with Gasteiger partial charge >= 0.3 is 0 Å². The van der Waals surface area contributed by atoms with Crippen LogP contribution in [0.5, 0.6) is 0 Å². The van der Waals surface area contributed by atoms with Crippen LogP contribution in [0.2, 0.25) is 0 Å². The molecule has 1 fully saturated rings. The zero-order chi connectivity index (χ0) is 14.2. The van der Waals surface area contributed by atoms with Crippen molar-refractivity contribution in [1.29, 1.82) is 0 Å². The van der Waals surface area contributed by atoms with Crippen LogP contribution in [0.15, 0.2) is 12.7 Å². The van der Waals surface area contributed by atoms with Gasteiger partial charge in [0.25, 0.3) is 0 Å². The molecule has 1 heteroatoms. The van der Waals surface area contributed by atoms with Crippen LogP contribution in [-0.2, 0) is 0 Å². The summed E-state index contributed by atoms with van der Waals surface area (Å²) in [6.45, 7) is 5.99. The van der Waals surface area contributed by atoms with E-state index in [4.69, 9.17) is 5.11 Å². The molecule has 1 N–H and O–H groups in total. The van der Waals surface area contributed by atoms with Gasteiger partial charge in [-0.2, -0.15) is 0 Å². The molecule has 0 aromatic heterocycles. The maximum absolute atomic E-state index is 8.91. The first-order chi connectivity index (χ1) is 9.31. The molecular weight excluding hydrogens is 232 g/mol. The smallest absolute Gasteiger partial charge is 0.0540 e. The van der Waals surface area contributed by atoms with E-state index in [0.29, 0.717) is 0 Å². The highest BCUT2D eigenvalue weighted by molar-refractivity contribution is 4.65. The average molecular weight is 268 g/mol. The third-order valence-corrected chi connectivity index (χ3v) is 3.84. The van der Waals surface area contributed by atoms with Crippen LogP contribution in [-0.4, -0.2) is 11.2 Å². The molecule has 19 heavy (non-hydrogen) atoms. The Bertz CT molecular complexity index is 171. The van der Waals surface area contributed by atoms with E-state index in [1.165, 1.54) is 77.0 Å². The normalized spacial score (nSPS) is 15.7. The highest BCUT2D eigenvalue weighted by atomic mass is 16.3. The third kappa shape index (κ3) is 15.6. The molecule has 0 radical (unpaired) electrons. The van der Waals surface area contributed by atoms with Crippen LogP contribution in [0.1, 0.15) is 96.8 Å². The maximum atomic E-state index is 8.91. The van der Waals surface area contributed by atoms with Gasteiger partial charge in [0, 0.05) is 0 Å². The van der Waals surface area contributed by atoms with E-state index in [1.54, 1.807) is 0 Å². The minimum Gasteiger partial charge on any atom is -0.393 e. The lowest BCUT2D eigenvalue weighted by Gasteiger charge is -2.14. The summed E-state index contributed by atoms with van der Waals surface area (Å²) in [5.41, 5.74) is 0. The van der Waals surface area contributed by atoms with E-state index in [1.807, 2.05) is 6.08 Å². The zero-order valence-electron chi connectivity index (χ0n) is 13.2. The zero-order valence-corrected chi connectivity index (χ0v) is 13.2. The molecule has 1 rings (SSSR count). The maximum Gasteiger partial charge on any atom is 0.0540 e. The number of unbranched alkanes of at least 4 members (excludes halogenated alkanes) is 8. The lowest BCUT2D eigenvalue weighted by atomic mass is 9.98. The van der Waals surface area contributed by atoms with Crippen molar-refractivity contribution in [3.8, 4) is 0 Å². The lowest BCUT2D eigenvalue weighted by Crippen LogP contribution is -2.09. The lowest BCUT2D eigenvalue weighted by molar-refractivity contribution is 0.130. The van der Waals surface area contributed by atoms with E-state index in [-0.39, 0.29) is 6.10 Å². The molecule has 0 spiro atoms. The van der Waals surface area contributed by atoms with E-state index in [2.05, 4.69) is 13.5 Å². The highest BCUT2D eigenvalue weighted by Gasteiger charge is 2.07. The highest BCUT2D eigenvalue weighted by Crippen LogP contribution is 2.16. The quantitative estimate of drug-likeness (QED) is 0.401. The van der Waals surface area contributed by atoms with Gasteiger partial charge in [-0.25, -0.2) is 0 Å². The summed E-state index contributed by atoms with van der Waals surface area (Å²) in [5.74, 6) is 0. The van der Waals surface area contributed by atoms with Crippen molar-refractivity contribution in [3.05, 3.63) is 12.7 Å². The van der Waals surface area contributed by atoms with Crippen molar-refractivity contribution in [2.24, 2.45) is 0 Å². The van der Waals surface area contributed by atoms with Gasteiger partial charge in [0.05, 0.1) is 6.10 Å². The van der Waals surface area contributed by atoms with Gasteiger partial charge in [0.2, 0.25) is 0 Å². The van der Waals surface area contributed by atoms with Gasteiger partial charge < -0.3 is 5.11 Å². The molecule has 114 valence electrons. The molecule has 0 heterocycles. The molecule has 0 aromatic rings. The second kappa shape index (κ2) is 15.8. The van der Waals surface area contributed by atoms with Gasteiger partial charge in [0.15, 0.2) is 0 Å². The van der Waals surface area contributed by atoms with E-state index in [9.17, 15) is 0 Å². The van der Waals surface area contributed by atoms with E-state index < -0.39 is 0 Å². The van der Waals surface area contributed by atoms with Crippen LogP contribution in [0.3, 0.4) is 0 Å². The molecule has 0 bridgehead atoms. The van der Waals surface area contributed by atoms with Crippen LogP contribution < -0.4 is 0 Å². The Labute approximate surface area is 121 Å². The molecule has 0 saturated heterocycles. The number of allylic oxidation sites excluding steroid dienone is 1. The predicted octanol–water partition coefficient (Wildman–Crippen LogP) is 6.01. The molecule has 1 nitrogen and oxygen atoms in total. The molecule has 1 saturated carbocycles. The Morgan fingerprint density at radius 2 is 1.42 bits per heavy atom. The van der Waals surface area contributed by atoms with Gasteiger partial charge in [-0.3, -0.25) is 0 Å². The molecule has 1 aliphatic carbocycles.